The fourth-order valence-corrected chi connectivity index (χ4v) is 5.28. The molecule has 0 spiro atoms. The standard InChI is InChI=1S/C27H34FN5O/c1-17-14-32(26(34)27(3,4)5)18(2)13-31(17)24-23-22(19-8-6-9-19)15-33(25(23)30-16-29-24)21-11-7-10-20(28)12-21/h7,10-12,15-19H,6,8-9,13-14H2,1-5H3/t17-,18+/m0/s1. The Morgan fingerprint density at radius 1 is 1.09 bits per heavy atom. The Labute approximate surface area is 200 Å². The Balaban J connectivity index is 1.59. The highest BCUT2D eigenvalue weighted by Crippen LogP contribution is 2.44. The molecule has 0 radical (unpaired) electrons. The largest absolute Gasteiger partial charge is 0.349 e. The smallest absolute Gasteiger partial charge is 0.228 e. The molecule has 180 valence electrons. The average Bonchev–Trinajstić information content (AvgIpc) is 3.12. The van der Waals surface area contributed by atoms with E-state index in [-0.39, 0.29) is 23.8 Å². The van der Waals surface area contributed by atoms with Crippen LogP contribution in [-0.2, 0) is 4.79 Å². The third-order valence-electron chi connectivity index (χ3n) is 7.38. The maximum absolute atomic E-state index is 14.1. The summed E-state index contributed by atoms with van der Waals surface area (Å²) in [6, 6.07) is 6.85. The van der Waals surface area contributed by atoms with Crippen LogP contribution in [0.15, 0.2) is 36.8 Å². The number of piperazine rings is 1. The molecule has 2 aliphatic rings. The predicted octanol–water partition coefficient (Wildman–Crippen LogP) is 5.30. The number of aromatic nitrogens is 3. The van der Waals surface area contributed by atoms with Crippen molar-refractivity contribution in [2.45, 2.75) is 71.9 Å². The van der Waals surface area contributed by atoms with Crippen LogP contribution in [0.4, 0.5) is 10.2 Å². The molecule has 2 atom stereocenters. The second kappa shape index (κ2) is 8.36. The van der Waals surface area contributed by atoms with Crippen molar-refractivity contribution in [1.29, 1.82) is 0 Å². The van der Waals surface area contributed by atoms with E-state index in [1.54, 1.807) is 18.5 Å². The van der Waals surface area contributed by atoms with Gasteiger partial charge in [0.1, 0.15) is 23.6 Å². The first-order valence-electron chi connectivity index (χ1n) is 12.3. The quantitative estimate of drug-likeness (QED) is 0.529. The Morgan fingerprint density at radius 2 is 1.85 bits per heavy atom. The summed E-state index contributed by atoms with van der Waals surface area (Å²) < 4.78 is 16.1. The first kappa shape index (κ1) is 22.8. The molecule has 7 heteroatoms. The zero-order valence-corrected chi connectivity index (χ0v) is 20.8. The molecule has 1 aromatic carbocycles. The van der Waals surface area contributed by atoms with E-state index in [9.17, 15) is 9.18 Å². The number of rotatable bonds is 3. The molecule has 3 heterocycles. The number of benzene rings is 1. The minimum atomic E-state index is -0.405. The number of amides is 1. The lowest BCUT2D eigenvalue weighted by atomic mass is 9.80. The number of hydrogen-bond acceptors (Lipinski definition) is 4. The van der Waals surface area contributed by atoms with Gasteiger partial charge in [0, 0.05) is 42.5 Å². The molecule has 2 fully saturated rings. The van der Waals surface area contributed by atoms with Crippen molar-refractivity contribution >= 4 is 22.8 Å². The van der Waals surface area contributed by atoms with E-state index in [1.807, 2.05) is 36.3 Å². The maximum atomic E-state index is 14.1. The summed E-state index contributed by atoms with van der Waals surface area (Å²) in [7, 11) is 0. The lowest BCUT2D eigenvalue weighted by Crippen LogP contribution is -2.60. The number of nitrogens with zero attached hydrogens (tertiary/aromatic N) is 5. The van der Waals surface area contributed by atoms with Crippen LogP contribution in [0.25, 0.3) is 16.7 Å². The minimum Gasteiger partial charge on any atom is -0.349 e. The van der Waals surface area contributed by atoms with E-state index in [1.165, 1.54) is 18.1 Å². The molecule has 0 bridgehead atoms. The molecule has 1 saturated heterocycles. The molecular weight excluding hydrogens is 429 g/mol. The van der Waals surface area contributed by atoms with Crippen LogP contribution in [0.5, 0.6) is 0 Å². The summed E-state index contributed by atoms with van der Waals surface area (Å²) in [5.74, 6) is 1.32. The molecule has 1 aliphatic carbocycles. The van der Waals surface area contributed by atoms with Crippen molar-refractivity contribution in [3.8, 4) is 5.69 Å². The number of carbonyl (C=O) groups excluding carboxylic acids is 1. The van der Waals surface area contributed by atoms with Crippen molar-refractivity contribution in [3.05, 3.63) is 48.2 Å². The summed E-state index contributed by atoms with van der Waals surface area (Å²) in [5.41, 5.74) is 2.42. The molecule has 6 nitrogen and oxygen atoms in total. The second-order valence-corrected chi connectivity index (χ2v) is 11.0. The minimum absolute atomic E-state index is 0.0744. The van der Waals surface area contributed by atoms with Gasteiger partial charge >= 0.3 is 0 Å². The number of anilines is 1. The Hall–Kier alpha value is -2.96. The van der Waals surface area contributed by atoms with Crippen LogP contribution in [0.1, 0.15) is 65.4 Å². The lowest BCUT2D eigenvalue weighted by Gasteiger charge is -2.46. The summed E-state index contributed by atoms with van der Waals surface area (Å²) in [6.45, 7) is 11.6. The molecule has 0 unspecified atom stereocenters. The molecule has 34 heavy (non-hydrogen) atoms. The van der Waals surface area contributed by atoms with Crippen molar-refractivity contribution < 1.29 is 9.18 Å². The fourth-order valence-electron chi connectivity index (χ4n) is 5.28. The Bertz CT molecular complexity index is 1230. The zero-order chi connectivity index (χ0) is 24.2. The van der Waals surface area contributed by atoms with Crippen molar-refractivity contribution in [2.24, 2.45) is 5.41 Å². The first-order valence-corrected chi connectivity index (χ1v) is 12.3. The SMILES string of the molecule is C[C@@H]1CN(c2ncnc3c2c(C2CCC2)cn3-c2cccc(F)c2)[C@@H](C)CN1C(=O)C(C)(C)C. The van der Waals surface area contributed by atoms with Gasteiger partial charge in [-0.15, -0.1) is 0 Å². The third kappa shape index (κ3) is 3.85. The monoisotopic (exact) mass is 463 g/mol. The maximum Gasteiger partial charge on any atom is 0.228 e. The molecule has 0 N–H and O–H groups in total. The van der Waals surface area contributed by atoms with Gasteiger partial charge in [0.2, 0.25) is 5.91 Å². The lowest BCUT2D eigenvalue weighted by molar-refractivity contribution is -0.142. The molecule has 3 aromatic rings. The van der Waals surface area contributed by atoms with Gasteiger partial charge in [0.15, 0.2) is 0 Å². The van der Waals surface area contributed by atoms with Crippen LogP contribution in [0.3, 0.4) is 0 Å². The average molecular weight is 464 g/mol. The van der Waals surface area contributed by atoms with Gasteiger partial charge in [0.25, 0.3) is 0 Å². The Morgan fingerprint density at radius 3 is 2.50 bits per heavy atom. The van der Waals surface area contributed by atoms with Crippen molar-refractivity contribution in [2.75, 3.05) is 18.0 Å². The zero-order valence-electron chi connectivity index (χ0n) is 20.8. The normalized spacial score (nSPS) is 21.7. The predicted molar refractivity (Wildman–Crippen MR) is 133 cm³/mol. The Kier molecular flexibility index (Phi) is 5.61. The topological polar surface area (TPSA) is 54.3 Å². The fraction of sp³-hybridized carbons (Fsp3) is 0.519. The molecule has 1 aliphatic heterocycles. The van der Waals surface area contributed by atoms with Crippen LogP contribution < -0.4 is 4.90 Å². The third-order valence-corrected chi connectivity index (χ3v) is 7.38. The van der Waals surface area contributed by atoms with Gasteiger partial charge in [-0.25, -0.2) is 14.4 Å². The van der Waals surface area contributed by atoms with Gasteiger partial charge in [-0.05, 0) is 56.4 Å². The summed E-state index contributed by atoms with van der Waals surface area (Å²) in [6.07, 6.45) is 7.27. The molecule has 1 saturated carbocycles. The van der Waals surface area contributed by atoms with E-state index >= 15 is 0 Å². The number of carbonyl (C=O) groups is 1. The van der Waals surface area contributed by atoms with E-state index in [4.69, 9.17) is 4.98 Å². The molecule has 2 aromatic heterocycles. The van der Waals surface area contributed by atoms with Crippen LogP contribution in [0.2, 0.25) is 0 Å². The van der Waals surface area contributed by atoms with Gasteiger partial charge < -0.3 is 14.4 Å². The highest BCUT2D eigenvalue weighted by molar-refractivity contribution is 5.93. The molecule has 5 rings (SSSR count). The van der Waals surface area contributed by atoms with Crippen molar-refractivity contribution in [1.82, 2.24) is 19.4 Å². The second-order valence-electron chi connectivity index (χ2n) is 11.0. The van der Waals surface area contributed by atoms with Gasteiger partial charge in [-0.2, -0.15) is 0 Å². The van der Waals surface area contributed by atoms with E-state index in [0.717, 1.165) is 35.4 Å². The van der Waals surface area contributed by atoms with E-state index in [2.05, 4.69) is 29.9 Å². The number of fused-ring (bicyclic) bond motifs is 1. The van der Waals surface area contributed by atoms with Gasteiger partial charge in [0.05, 0.1) is 5.39 Å². The highest BCUT2D eigenvalue weighted by atomic mass is 19.1. The van der Waals surface area contributed by atoms with Gasteiger partial charge in [-0.3, -0.25) is 4.79 Å². The van der Waals surface area contributed by atoms with Crippen molar-refractivity contribution in [3.63, 3.8) is 0 Å². The van der Waals surface area contributed by atoms with Crippen LogP contribution in [0, 0.1) is 11.2 Å². The van der Waals surface area contributed by atoms with Gasteiger partial charge in [-0.1, -0.05) is 33.3 Å². The summed E-state index contributed by atoms with van der Waals surface area (Å²) in [5, 5.41) is 1.06. The number of hydrogen-bond donors (Lipinski definition) is 0. The molecule has 1 amide bonds. The molecular formula is C27H34FN5O. The first-order chi connectivity index (χ1) is 16.1. The van der Waals surface area contributed by atoms with Crippen LogP contribution >= 0.6 is 0 Å². The highest BCUT2D eigenvalue weighted by Gasteiger charge is 2.38. The van der Waals surface area contributed by atoms with Crippen LogP contribution in [-0.4, -0.2) is 50.5 Å². The number of halogens is 1. The summed E-state index contributed by atoms with van der Waals surface area (Å²) in [4.78, 5) is 26.9. The summed E-state index contributed by atoms with van der Waals surface area (Å²) >= 11 is 0. The van der Waals surface area contributed by atoms with E-state index in [0.29, 0.717) is 19.0 Å². The van der Waals surface area contributed by atoms with E-state index < -0.39 is 5.41 Å².